The standard InChI is InChI=1S/C13H19BrN2O2/c1-4-5-10(2)15(3)12-7-6-11(9-14)8-13(12)16(17)18/h6-8,10H,4-5,9H2,1-3H3. The largest absolute Gasteiger partial charge is 0.366 e. The molecule has 0 bridgehead atoms. The second-order valence-corrected chi connectivity index (χ2v) is 5.02. The van der Waals surface area contributed by atoms with Gasteiger partial charge in [0.05, 0.1) is 4.92 Å². The third kappa shape index (κ3) is 3.45. The topological polar surface area (TPSA) is 46.4 Å². The first kappa shape index (κ1) is 15.0. The van der Waals surface area contributed by atoms with Gasteiger partial charge in [0.1, 0.15) is 5.69 Å². The third-order valence-corrected chi connectivity index (χ3v) is 3.79. The number of benzene rings is 1. The minimum atomic E-state index is -0.309. The predicted octanol–water partition coefficient (Wildman–Crippen LogP) is 4.11. The summed E-state index contributed by atoms with van der Waals surface area (Å²) in [6.07, 6.45) is 2.09. The summed E-state index contributed by atoms with van der Waals surface area (Å²) in [7, 11) is 1.91. The summed E-state index contributed by atoms with van der Waals surface area (Å²) >= 11 is 3.32. The van der Waals surface area contributed by atoms with Crippen LogP contribution >= 0.6 is 15.9 Å². The zero-order chi connectivity index (χ0) is 13.7. The van der Waals surface area contributed by atoms with Crippen molar-refractivity contribution in [3.05, 3.63) is 33.9 Å². The quantitative estimate of drug-likeness (QED) is 0.451. The molecule has 1 atom stereocenters. The highest BCUT2D eigenvalue weighted by molar-refractivity contribution is 9.08. The molecule has 0 aliphatic rings. The number of hydrogen-bond acceptors (Lipinski definition) is 3. The molecule has 4 nitrogen and oxygen atoms in total. The van der Waals surface area contributed by atoms with Gasteiger partial charge in [-0.3, -0.25) is 10.1 Å². The number of rotatable bonds is 6. The van der Waals surface area contributed by atoms with E-state index in [2.05, 4.69) is 29.8 Å². The van der Waals surface area contributed by atoms with E-state index in [9.17, 15) is 10.1 Å². The molecule has 1 unspecified atom stereocenters. The van der Waals surface area contributed by atoms with Crippen molar-refractivity contribution in [3.63, 3.8) is 0 Å². The fraction of sp³-hybridized carbons (Fsp3) is 0.538. The first-order valence-corrected chi connectivity index (χ1v) is 7.19. The van der Waals surface area contributed by atoms with Crippen LogP contribution in [0.4, 0.5) is 11.4 Å². The number of alkyl halides is 1. The highest BCUT2D eigenvalue weighted by Gasteiger charge is 2.20. The Bertz CT molecular complexity index is 423. The van der Waals surface area contributed by atoms with Crippen LogP contribution in [-0.2, 0) is 5.33 Å². The Morgan fingerprint density at radius 2 is 2.17 bits per heavy atom. The molecule has 5 heteroatoms. The smallest absolute Gasteiger partial charge is 0.292 e. The normalized spacial score (nSPS) is 12.2. The molecule has 0 radical (unpaired) electrons. The molecule has 0 amide bonds. The van der Waals surface area contributed by atoms with Gasteiger partial charge in [0.25, 0.3) is 5.69 Å². The van der Waals surface area contributed by atoms with Gasteiger partial charge in [-0.15, -0.1) is 0 Å². The lowest BCUT2D eigenvalue weighted by Gasteiger charge is -2.26. The highest BCUT2D eigenvalue weighted by Crippen LogP contribution is 2.31. The monoisotopic (exact) mass is 314 g/mol. The van der Waals surface area contributed by atoms with Gasteiger partial charge < -0.3 is 4.90 Å². The summed E-state index contributed by atoms with van der Waals surface area (Å²) in [5.74, 6) is 0. The zero-order valence-corrected chi connectivity index (χ0v) is 12.6. The van der Waals surface area contributed by atoms with Gasteiger partial charge in [0.2, 0.25) is 0 Å². The minimum absolute atomic E-state index is 0.178. The van der Waals surface area contributed by atoms with Crippen LogP contribution in [0.2, 0.25) is 0 Å². The average molecular weight is 315 g/mol. The maximum absolute atomic E-state index is 11.1. The Labute approximate surface area is 116 Å². The molecule has 0 aliphatic carbocycles. The van der Waals surface area contributed by atoms with Gasteiger partial charge in [-0.25, -0.2) is 0 Å². The Balaban J connectivity index is 3.10. The van der Waals surface area contributed by atoms with Gasteiger partial charge >= 0.3 is 0 Å². The lowest BCUT2D eigenvalue weighted by Crippen LogP contribution is -2.29. The van der Waals surface area contributed by atoms with E-state index in [0.717, 1.165) is 18.4 Å². The Hall–Kier alpha value is -1.10. The summed E-state index contributed by atoms with van der Waals surface area (Å²) in [5, 5.41) is 11.8. The van der Waals surface area contributed by atoms with Crippen molar-refractivity contribution in [1.29, 1.82) is 0 Å². The summed E-state index contributed by atoms with van der Waals surface area (Å²) in [4.78, 5) is 12.8. The summed E-state index contributed by atoms with van der Waals surface area (Å²) in [5.41, 5.74) is 1.78. The van der Waals surface area contributed by atoms with E-state index in [4.69, 9.17) is 0 Å². The van der Waals surface area contributed by atoms with E-state index < -0.39 is 0 Å². The molecule has 1 aromatic rings. The maximum Gasteiger partial charge on any atom is 0.292 e. The molecule has 0 spiro atoms. The average Bonchev–Trinajstić information content (AvgIpc) is 2.37. The van der Waals surface area contributed by atoms with Crippen LogP contribution in [0.25, 0.3) is 0 Å². The number of anilines is 1. The van der Waals surface area contributed by atoms with Gasteiger partial charge in [0.15, 0.2) is 0 Å². The molecule has 18 heavy (non-hydrogen) atoms. The second kappa shape index (κ2) is 6.73. The molecule has 100 valence electrons. The van der Waals surface area contributed by atoms with Gasteiger partial charge in [-0.2, -0.15) is 0 Å². The van der Waals surface area contributed by atoms with Crippen LogP contribution < -0.4 is 4.90 Å². The molecule has 1 rings (SSSR count). The molecular formula is C13H19BrN2O2. The molecule has 0 heterocycles. The predicted molar refractivity (Wildman–Crippen MR) is 78.5 cm³/mol. The van der Waals surface area contributed by atoms with Crippen LogP contribution in [0.5, 0.6) is 0 Å². The molecule has 0 N–H and O–H groups in total. The summed E-state index contributed by atoms with van der Waals surface area (Å²) < 4.78 is 0. The van der Waals surface area contributed by atoms with Gasteiger partial charge in [-0.1, -0.05) is 35.3 Å². The molecular weight excluding hydrogens is 296 g/mol. The van der Waals surface area contributed by atoms with E-state index in [0.29, 0.717) is 17.1 Å². The number of nitrogens with zero attached hydrogens (tertiary/aromatic N) is 2. The van der Waals surface area contributed by atoms with E-state index in [-0.39, 0.29) is 10.6 Å². The number of nitro benzene ring substituents is 1. The van der Waals surface area contributed by atoms with Gasteiger partial charge in [-0.05, 0) is 25.0 Å². The van der Waals surface area contributed by atoms with Crippen molar-refractivity contribution in [2.24, 2.45) is 0 Å². The minimum Gasteiger partial charge on any atom is -0.366 e. The van der Waals surface area contributed by atoms with Crippen LogP contribution in [0.15, 0.2) is 18.2 Å². The first-order chi connectivity index (χ1) is 8.51. The molecule has 0 saturated heterocycles. The van der Waals surface area contributed by atoms with Crippen LogP contribution in [0, 0.1) is 10.1 Å². The van der Waals surface area contributed by atoms with E-state index in [1.165, 1.54) is 0 Å². The fourth-order valence-electron chi connectivity index (χ4n) is 1.95. The molecule has 0 aromatic heterocycles. The summed E-state index contributed by atoms with van der Waals surface area (Å²) in [6.45, 7) is 4.21. The number of halogens is 1. The van der Waals surface area contributed by atoms with Crippen molar-refractivity contribution < 1.29 is 4.92 Å². The van der Waals surface area contributed by atoms with E-state index >= 15 is 0 Å². The van der Waals surface area contributed by atoms with Crippen molar-refractivity contribution in [3.8, 4) is 0 Å². The fourth-order valence-corrected chi connectivity index (χ4v) is 2.29. The lowest BCUT2D eigenvalue weighted by molar-refractivity contribution is -0.384. The van der Waals surface area contributed by atoms with Gasteiger partial charge in [0, 0.05) is 24.5 Å². The molecule has 0 fully saturated rings. The Kier molecular flexibility index (Phi) is 5.59. The van der Waals surface area contributed by atoms with E-state index in [1.54, 1.807) is 6.07 Å². The first-order valence-electron chi connectivity index (χ1n) is 6.07. The lowest BCUT2D eigenvalue weighted by atomic mass is 10.1. The van der Waals surface area contributed by atoms with Crippen LogP contribution in [-0.4, -0.2) is 18.0 Å². The summed E-state index contributed by atoms with van der Waals surface area (Å²) in [6, 6.07) is 5.69. The number of nitro groups is 1. The van der Waals surface area contributed by atoms with E-state index in [1.807, 2.05) is 24.1 Å². The third-order valence-electron chi connectivity index (χ3n) is 3.14. The van der Waals surface area contributed by atoms with Crippen molar-refractivity contribution in [2.75, 3.05) is 11.9 Å². The molecule has 0 saturated carbocycles. The number of hydrogen-bond donors (Lipinski definition) is 0. The maximum atomic E-state index is 11.1. The second-order valence-electron chi connectivity index (χ2n) is 4.46. The van der Waals surface area contributed by atoms with Crippen LogP contribution in [0.1, 0.15) is 32.3 Å². The SMILES string of the molecule is CCCC(C)N(C)c1ccc(CBr)cc1[N+](=O)[O-]. The zero-order valence-electron chi connectivity index (χ0n) is 11.0. The van der Waals surface area contributed by atoms with Crippen molar-refractivity contribution in [1.82, 2.24) is 0 Å². The van der Waals surface area contributed by atoms with Crippen molar-refractivity contribution in [2.45, 2.75) is 38.1 Å². The Morgan fingerprint density at radius 3 is 2.67 bits per heavy atom. The molecule has 1 aromatic carbocycles. The van der Waals surface area contributed by atoms with Crippen molar-refractivity contribution >= 4 is 27.3 Å². The Morgan fingerprint density at radius 1 is 1.50 bits per heavy atom. The van der Waals surface area contributed by atoms with Crippen LogP contribution in [0.3, 0.4) is 0 Å². The highest BCUT2D eigenvalue weighted by atomic mass is 79.9. The molecule has 0 aliphatic heterocycles.